The van der Waals surface area contributed by atoms with E-state index in [0.717, 1.165) is 30.3 Å². The maximum Gasteiger partial charge on any atom is 0.229 e. The van der Waals surface area contributed by atoms with Gasteiger partial charge in [0, 0.05) is 47.0 Å². The first-order valence-electron chi connectivity index (χ1n) is 22.3. The summed E-state index contributed by atoms with van der Waals surface area (Å²) in [5.41, 5.74) is -2.85. The van der Waals surface area contributed by atoms with E-state index in [9.17, 15) is 86.2 Å². The van der Waals surface area contributed by atoms with Gasteiger partial charge in [-0.05, 0) is 42.5 Å². The molecule has 2 aromatic heterocycles. The number of rotatable bonds is 12. The monoisotopic (exact) mass is 1020 g/mol. The van der Waals surface area contributed by atoms with E-state index in [1.165, 1.54) is 42.5 Å². The molecule has 3 saturated heterocycles. The Balaban J connectivity index is 1.14. The van der Waals surface area contributed by atoms with Crippen LogP contribution < -0.4 is 25.1 Å². The summed E-state index contributed by atoms with van der Waals surface area (Å²) in [6.45, 7) is -2.31. The van der Waals surface area contributed by atoms with Crippen molar-refractivity contribution in [3.05, 3.63) is 93.2 Å². The van der Waals surface area contributed by atoms with Crippen molar-refractivity contribution < 1.29 is 114 Å². The molecule has 3 aliphatic rings. The van der Waals surface area contributed by atoms with Gasteiger partial charge in [0.2, 0.25) is 18.9 Å². The van der Waals surface area contributed by atoms with Crippen LogP contribution in [0.15, 0.2) is 91.2 Å². The van der Waals surface area contributed by atoms with Gasteiger partial charge in [0.15, 0.2) is 16.4 Å². The van der Waals surface area contributed by atoms with Crippen LogP contribution >= 0.6 is 0 Å². The lowest BCUT2D eigenvalue weighted by Gasteiger charge is -2.39. The van der Waals surface area contributed by atoms with Gasteiger partial charge in [-0.25, -0.2) is 0 Å². The average Bonchev–Trinajstić information content (AvgIpc) is 3.36. The maximum absolute atomic E-state index is 13.9. The van der Waals surface area contributed by atoms with Crippen molar-refractivity contribution in [2.45, 2.75) is 92.1 Å². The number of hydrogen-bond donors (Lipinski definition) is 15. The highest BCUT2D eigenvalue weighted by molar-refractivity contribution is 6.01. The van der Waals surface area contributed by atoms with Crippen LogP contribution in [0.1, 0.15) is 0 Å². The quantitative estimate of drug-likeness (QED) is 0.0605. The van der Waals surface area contributed by atoms with Crippen molar-refractivity contribution >= 4 is 21.9 Å². The molecule has 25 heteroatoms. The van der Waals surface area contributed by atoms with Crippen LogP contribution in [0.25, 0.3) is 55.7 Å². The van der Waals surface area contributed by atoms with Crippen LogP contribution in [0.4, 0.5) is 0 Å². The molecular weight excluding hydrogens is 977 g/mol. The summed E-state index contributed by atoms with van der Waals surface area (Å²) in [7, 11) is 0. The molecule has 15 atom stereocenters. The Hall–Kier alpha value is -6.50. The van der Waals surface area contributed by atoms with Gasteiger partial charge >= 0.3 is 0 Å². The van der Waals surface area contributed by atoms with Crippen LogP contribution in [0, 0.1) is 0 Å². The average molecular weight is 1020 g/mol. The first kappa shape index (κ1) is 51.4. The minimum Gasteiger partial charge on any atom is -0.507 e. The zero-order valence-corrected chi connectivity index (χ0v) is 37.5. The van der Waals surface area contributed by atoms with E-state index in [1.54, 1.807) is 0 Å². The number of hydrogen-bond acceptors (Lipinski definition) is 25. The standard InChI is InChI=1S/C48H48O25/c49-13-30-36(57)39(60)42(63)46(71-30)66-18-4-1-16(2-5-18)27-12-25(56)35-23(54)10-22(53)33(45(35)69-27)20-7-17(3-6-26(20)70-48-44(65)41(62)38(59)32(15-51)73-48)28-11-24(55)34-21(52)8-19(9-29(34)68-28)67-47-43(64)40(61)37(58)31(14-50)72-47/h1-12,30-32,36-44,46-54,57-65H,13-15H2/t30-,31-,32-,36-,37-,38-,39-,40-,41-,42-,43-,44-,46-,47-,48-/m0/s1. The fourth-order valence-electron chi connectivity index (χ4n) is 8.73. The van der Waals surface area contributed by atoms with Gasteiger partial charge in [0.05, 0.1) is 25.4 Å². The fraction of sp³-hybridized carbons (Fsp3) is 0.375. The van der Waals surface area contributed by atoms with E-state index >= 15 is 0 Å². The van der Waals surface area contributed by atoms with Gasteiger partial charge in [-0.3, -0.25) is 9.59 Å². The molecule has 3 fully saturated rings. The third kappa shape index (κ3) is 9.53. The molecule has 0 radical (unpaired) electrons. The number of fused-ring (bicyclic) bond motifs is 2. The molecule has 5 heterocycles. The van der Waals surface area contributed by atoms with Crippen molar-refractivity contribution in [3.8, 4) is 68.3 Å². The van der Waals surface area contributed by atoms with Gasteiger partial charge in [-0.2, -0.15) is 0 Å². The molecule has 0 amide bonds. The van der Waals surface area contributed by atoms with Gasteiger partial charge in [0.1, 0.15) is 136 Å². The van der Waals surface area contributed by atoms with Crippen LogP contribution in [0.5, 0.6) is 34.5 Å². The molecule has 73 heavy (non-hydrogen) atoms. The highest BCUT2D eigenvalue weighted by atomic mass is 16.7. The number of aromatic hydroxyl groups is 3. The largest absolute Gasteiger partial charge is 0.507 e. The van der Waals surface area contributed by atoms with Crippen molar-refractivity contribution in [1.29, 1.82) is 0 Å². The van der Waals surface area contributed by atoms with Crippen molar-refractivity contribution in [3.63, 3.8) is 0 Å². The Kier molecular flexibility index (Phi) is 14.4. The van der Waals surface area contributed by atoms with E-state index in [1.807, 2.05) is 0 Å². The molecule has 3 aliphatic heterocycles. The molecule has 0 saturated carbocycles. The number of aliphatic hydroxyl groups is 12. The van der Waals surface area contributed by atoms with Crippen LogP contribution in [0.2, 0.25) is 0 Å². The molecule has 9 rings (SSSR count). The highest BCUT2D eigenvalue weighted by Crippen LogP contribution is 2.47. The lowest BCUT2D eigenvalue weighted by molar-refractivity contribution is -0.277. The summed E-state index contributed by atoms with van der Waals surface area (Å²) < 4.78 is 46.2. The van der Waals surface area contributed by atoms with Gasteiger partial charge < -0.3 is 114 Å². The Morgan fingerprint density at radius 3 is 1.44 bits per heavy atom. The van der Waals surface area contributed by atoms with Gasteiger partial charge in [-0.15, -0.1) is 0 Å². The minimum atomic E-state index is -1.96. The van der Waals surface area contributed by atoms with Crippen molar-refractivity contribution in [1.82, 2.24) is 0 Å². The first-order chi connectivity index (χ1) is 34.8. The molecule has 390 valence electrons. The first-order valence-corrected chi connectivity index (χ1v) is 22.3. The second-order valence-corrected chi connectivity index (χ2v) is 17.4. The summed E-state index contributed by atoms with van der Waals surface area (Å²) in [4.78, 5) is 27.6. The smallest absolute Gasteiger partial charge is 0.229 e. The van der Waals surface area contributed by atoms with Gasteiger partial charge in [-0.1, -0.05) is 0 Å². The molecule has 0 bridgehead atoms. The maximum atomic E-state index is 13.9. The zero-order chi connectivity index (χ0) is 52.3. The third-order valence-corrected chi connectivity index (χ3v) is 12.7. The van der Waals surface area contributed by atoms with Crippen LogP contribution in [-0.2, 0) is 14.2 Å². The number of benzene rings is 4. The molecule has 25 nitrogen and oxygen atoms in total. The van der Waals surface area contributed by atoms with Gasteiger partial charge in [0.25, 0.3) is 0 Å². The number of ether oxygens (including phenoxy) is 6. The van der Waals surface area contributed by atoms with Crippen LogP contribution in [-0.4, -0.2) is 189 Å². The van der Waals surface area contributed by atoms with E-state index in [-0.39, 0.29) is 62.0 Å². The number of phenols is 3. The number of phenolic OH excluding ortho intramolecular Hbond substituents is 3. The Morgan fingerprint density at radius 1 is 0.438 bits per heavy atom. The van der Waals surface area contributed by atoms with Crippen molar-refractivity contribution in [2.75, 3.05) is 19.8 Å². The molecule has 4 aromatic carbocycles. The van der Waals surface area contributed by atoms with Crippen LogP contribution in [0.3, 0.4) is 0 Å². The van der Waals surface area contributed by atoms with E-state index in [2.05, 4.69) is 0 Å². The molecular formula is C48H48O25. The Labute approximate surface area is 408 Å². The predicted molar refractivity (Wildman–Crippen MR) is 243 cm³/mol. The zero-order valence-electron chi connectivity index (χ0n) is 37.5. The molecule has 0 spiro atoms. The minimum absolute atomic E-state index is 0.00372. The van der Waals surface area contributed by atoms with E-state index in [4.69, 9.17) is 37.3 Å². The SMILES string of the molecule is O=c1cc(-c2ccc(O[C@H]3O[C@@H](CO)[C@H](O)[C@H](O)[C@@H]3O)c(-c3c(O)cc(O)c4c(=O)cc(-c5ccc(O[C@H]6O[C@@H](CO)[C@H](O)[C@H](O)[C@@H]6O)cc5)oc34)c2)oc2cc(O[C@H]3O[C@@H](CO)[C@H](O)[C@H](O)[C@@H]3O)cc(O)c12. The predicted octanol–water partition coefficient (Wildman–Crippen LogP) is -2.45. The Morgan fingerprint density at radius 2 is 0.904 bits per heavy atom. The summed E-state index contributed by atoms with van der Waals surface area (Å²) >= 11 is 0. The molecule has 0 aliphatic carbocycles. The summed E-state index contributed by atoms with van der Waals surface area (Å²) in [5.74, 6) is -3.10. The molecule has 15 N–H and O–H groups in total. The number of aliphatic hydroxyl groups excluding tert-OH is 12. The summed E-state index contributed by atoms with van der Waals surface area (Å²) in [5, 5.41) is 156. The van der Waals surface area contributed by atoms with E-state index in [0.29, 0.717) is 0 Å². The normalized spacial score (nSPS) is 30.6. The van der Waals surface area contributed by atoms with Crippen molar-refractivity contribution in [2.24, 2.45) is 0 Å². The van der Waals surface area contributed by atoms with E-state index < -0.39 is 151 Å². The lowest BCUT2D eigenvalue weighted by Crippen LogP contribution is -2.60. The fourth-order valence-corrected chi connectivity index (χ4v) is 8.73. The Bertz CT molecular complexity index is 3100. The topological polar surface area (TPSA) is 419 Å². The third-order valence-electron chi connectivity index (χ3n) is 12.7. The molecule has 0 unspecified atom stereocenters. The summed E-state index contributed by atoms with van der Waals surface area (Å²) in [6.07, 6.45) is -25.2. The molecule has 6 aromatic rings. The second kappa shape index (κ2) is 20.4. The highest BCUT2D eigenvalue weighted by Gasteiger charge is 2.47. The lowest BCUT2D eigenvalue weighted by atomic mass is 9.96. The second-order valence-electron chi connectivity index (χ2n) is 17.4. The summed E-state index contributed by atoms with van der Waals surface area (Å²) in [6, 6.07) is 14.2.